The molecule has 0 heterocycles. The van der Waals surface area contributed by atoms with E-state index in [4.69, 9.17) is 5.73 Å². The molecule has 0 saturated heterocycles. The van der Waals surface area contributed by atoms with Gasteiger partial charge in [-0.25, -0.2) is 0 Å². The van der Waals surface area contributed by atoms with Crippen LogP contribution in [0.3, 0.4) is 0 Å². The molecule has 1 rings (SSSR count). The van der Waals surface area contributed by atoms with Crippen LogP contribution in [0.25, 0.3) is 0 Å². The van der Waals surface area contributed by atoms with Crippen LogP contribution in [0.2, 0.25) is 0 Å². The van der Waals surface area contributed by atoms with Gasteiger partial charge in [-0.15, -0.1) is 0 Å². The molecule has 2 N–H and O–H groups in total. The topological polar surface area (TPSA) is 43.1 Å². The number of ketones is 1. The van der Waals surface area contributed by atoms with Crippen molar-refractivity contribution in [1.82, 2.24) is 0 Å². The van der Waals surface area contributed by atoms with Crippen LogP contribution < -0.4 is 5.73 Å². The zero-order chi connectivity index (χ0) is 12.3. The molecule has 1 unspecified atom stereocenters. The molecule has 0 bridgehead atoms. The van der Waals surface area contributed by atoms with Gasteiger partial charge in [0.2, 0.25) is 0 Å². The highest BCUT2D eigenvalue weighted by atomic mass is 16.1. The van der Waals surface area contributed by atoms with Crippen molar-refractivity contribution in [2.24, 2.45) is 11.7 Å². The summed E-state index contributed by atoms with van der Waals surface area (Å²) in [6.07, 6.45) is 0.542. The van der Waals surface area contributed by atoms with Gasteiger partial charge in [-0.1, -0.05) is 13.0 Å². The molecule has 16 heavy (non-hydrogen) atoms. The molecule has 0 aliphatic carbocycles. The van der Waals surface area contributed by atoms with E-state index in [0.29, 0.717) is 13.0 Å². The first-order valence-corrected chi connectivity index (χ1v) is 5.76. The molecule has 1 atom stereocenters. The average Bonchev–Trinajstić information content (AvgIpc) is 2.23. The van der Waals surface area contributed by atoms with Gasteiger partial charge >= 0.3 is 0 Å². The molecule has 0 aliphatic heterocycles. The Bertz CT molecular complexity index is 396. The predicted octanol–water partition coefficient (Wildman–Crippen LogP) is 2.78. The molecule has 0 spiro atoms. The smallest absolute Gasteiger partial charge is 0.163 e. The van der Waals surface area contributed by atoms with Gasteiger partial charge in [0.25, 0.3) is 0 Å². The third kappa shape index (κ3) is 2.92. The van der Waals surface area contributed by atoms with Crippen molar-refractivity contribution in [2.45, 2.75) is 34.1 Å². The molecule has 1 aromatic carbocycles. The van der Waals surface area contributed by atoms with Crippen LogP contribution in [0, 0.1) is 26.7 Å². The van der Waals surface area contributed by atoms with E-state index < -0.39 is 0 Å². The van der Waals surface area contributed by atoms with Gasteiger partial charge in [0, 0.05) is 12.0 Å². The van der Waals surface area contributed by atoms with Crippen molar-refractivity contribution in [2.75, 3.05) is 6.54 Å². The monoisotopic (exact) mass is 219 g/mol. The Morgan fingerprint density at radius 2 is 1.75 bits per heavy atom. The second-order valence-corrected chi connectivity index (χ2v) is 4.72. The van der Waals surface area contributed by atoms with Gasteiger partial charge in [0.05, 0.1) is 0 Å². The average molecular weight is 219 g/mol. The quantitative estimate of drug-likeness (QED) is 0.791. The van der Waals surface area contributed by atoms with Crippen LogP contribution in [0.1, 0.15) is 40.4 Å². The minimum atomic E-state index is 0.207. The highest BCUT2D eigenvalue weighted by Gasteiger charge is 2.13. The minimum absolute atomic E-state index is 0.207. The third-order valence-electron chi connectivity index (χ3n) is 3.08. The number of aryl methyl sites for hydroxylation is 3. The number of carbonyl (C=O) groups excluding carboxylic acids is 1. The third-order valence-corrected chi connectivity index (χ3v) is 3.08. The molecule has 0 fully saturated rings. The summed E-state index contributed by atoms with van der Waals surface area (Å²) in [5.41, 5.74) is 9.87. The maximum Gasteiger partial charge on any atom is 0.163 e. The number of carbonyl (C=O) groups is 1. The van der Waals surface area contributed by atoms with E-state index in [2.05, 4.69) is 13.0 Å². The lowest BCUT2D eigenvalue weighted by atomic mass is 9.93. The standard InChI is InChI=1S/C14H21NO/c1-9(8-15)5-14(16)13-7-11(3)10(2)6-12(13)4/h6-7,9H,5,8,15H2,1-4H3. The zero-order valence-corrected chi connectivity index (χ0v) is 10.6. The number of nitrogens with two attached hydrogens (primary N) is 1. The van der Waals surface area contributed by atoms with Crippen LogP contribution in [-0.4, -0.2) is 12.3 Å². The summed E-state index contributed by atoms with van der Waals surface area (Å²) >= 11 is 0. The molecule has 0 aliphatic rings. The Morgan fingerprint density at radius 3 is 2.31 bits per heavy atom. The van der Waals surface area contributed by atoms with E-state index >= 15 is 0 Å². The van der Waals surface area contributed by atoms with E-state index in [1.165, 1.54) is 11.1 Å². The van der Waals surface area contributed by atoms with Crippen molar-refractivity contribution in [1.29, 1.82) is 0 Å². The molecule has 88 valence electrons. The largest absolute Gasteiger partial charge is 0.330 e. The van der Waals surface area contributed by atoms with Crippen molar-refractivity contribution in [3.63, 3.8) is 0 Å². The Hall–Kier alpha value is -1.15. The maximum absolute atomic E-state index is 12.0. The first-order valence-electron chi connectivity index (χ1n) is 5.76. The minimum Gasteiger partial charge on any atom is -0.330 e. The summed E-state index contributed by atoms with van der Waals surface area (Å²) in [4.78, 5) is 12.0. The van der Waals surface area contributed by atoms with Gasteiger partial charge < -0.3 is 5.73 Å². The van der Waals surface area contributed by atoms with E-state index in [0.717, 1.165) is 11.1 Å². The molecule has 0 radical (unpaired) electrons. The Morgan fingerprint density at radius 1 is 1.19 bits per heavy atom. The number of hydrogen-bond acceptors (Lipinski definition) is 2. The molecule has 2 nitrogen and oxygen atoms in total. The Balaban J connectivity index is 2.96. The van der Waals surface area contributed by atoms with Gasteiger partial charge in [-0.05, 0) is 56.0 Å². The second kappa shape index (κ2) is 5.26. The number of rotatable bonds is 4. The van der Waals surface area contributed by atoms with E-state index in [1.54, 1.807) is 0 Å². The van der Waals surface area contributed by atoms with Crippen molar-refractivity contribution in [3.8, 4) is 0 Å². The SMILES string of the molecule is Cc1cc(C)c(C(=O)CC(C)CN)cc1C. The lowest BCUT2D eigenvalue weighted by molar-refractivity contribution is 0.0965. The fourth-order valence-corrected chi connectivity index (χ4v) is 1.77. The summed E-state index contributed by atoms with van der Waals surface area (Å²) in [6, 6.07) is 4.08. The summed E-state index contributed by atoms with van der Waals surface area (Å²) in [7, 11) is 0. The summed E-state index contributed by atoms with van der Waals surface area (Å²) in [5, 5.41) is 0. The van der Waals surface area contributed by atoms with E-state index in [9.17, 15) is 4.79 Å². The number of benzene rings is 1. The Kier molecular flexibility index (Phi) is 4.25. The van der Waals surface area contributed by atoms with Gasteiger partial charge in [-0.2, -0.15) is 0 Å². The maximum atomic E-state index is 12.0. The summed E-state index contributed by atoms with van der Waals surface area (Å²) in [5.74, 6) is 0.465. The normalized spacial score (nSPS) is 12.6. The highest BCUT2D eigenvalue weighted by molar-refractivity contribution is 5.97. The lowest BCUT2D eigenvalue weighted by Gasteiger charge is -2.11. The van der Waals surface area contributed by atoms with Crippen LogP contribution in [0.5, 0.6) is 0 Å². The van der Waals surface area contributed by atoms with Gasteiger partial charge in [0.15, 0.2) is 5.78 Å². The van der Waals surface area contributed by atoms with Gasteiger partial charge in [0.1, 0.15) is 0 Å². The molecule has 0 saturated carbocycles. The predicted molar refractivity (Wildman–Crippen MR) is 67.8 cm³/mol. The zero-order valence-electron chi connectivity index (χ0n) is 10.6. The second-order valence-electron chi connectivity index (χ2n) is 4.72. The fraction of sp³-hybridized carbons (Fsp3) is 0.500. The van der Waals surface area contributed by atoms with Gasteiger partial charge in [-0.3, -0.25) is 4.79 Å². The van der Waals surface area contributed by atoms with Crippen LogP contribution in [0.15, 0.2) is 12.1 Å². The molecule has 0 aromatic heterocycles. The Labute approximate surface area is 97.9 Å². The van der Waals surface area contributed by atoms with E-state index in [-0.39, 0.29) is 11.7 Å². The molecule has 0 amide bonds. The number of Topliss-reactive ketones (excluding diaryl/α,β-unsaturated/α-hetero) is 1. The van der Waals surface area contributed by atoms with Crippen molar-refractivity contribution >= 4 is 5.78 Å². The number of hydrogen-bond donors (Lipinski definition) is 1. The van der Waals surface area contributed by atoms with Crippen molar-refractivity contribution < 1.29 is 4.79 Å². The van der Waals surface area contributed by atoms with E-state index in [1.807, 2.05) is 26.8 Å². The first kappa shape index (κ1) is 12.9. The molecular formula is C14H21NO. The lowest BCUT2D eigenvalue weighted by Crippen LogP contribution is -2.16. The van der Waals surface area contributed by atoms with Crippen molar-refractivity contribution in [3.05, 3.63) is 34.4 Å². The van der Waals surface area contributed by atoms with Crippen LogP contribution in [0.4, 0.5) is 0 Å². The summed E-state index contributed by atoms with van der Waals surface area (Å²) in [6.45, 7) is 8.67. The first-order chi connectivity index (χ1) is 7.45. The fourth-order valence-electron chi connectivity index (χ4n) is 1.77. The molecule has 1 aromatic rings. The summed E-state index contributed by atoms with van der Waals surface area (Å²) < 4.78 is 0. The molecule has 2 heteroatoms. The van der Waals surface area contributed by atoms with Crippen LogP contribution in [-0.2, 0) is 0 Å². The highest BCUT2D eigenvalue weighted by Crippen LogP contribution is 2.18. The van der Waals surface area contributed by atoms with Crippen LogP contribution >= 0.6 is 0 Å². The molecular weight excluding hydrogens is 198 g/mol.